The molecular weight excluding hydrogens is 344 g/mol. The summed E-state index contributed by atoms with van der Waals surface area (Å²) in [6.45, 7) is 1.87. The van der Waals surface area contributed by atoms with Crippen LogP contribution in [0.25, 0.3) is 0 Å². The maximum absolute atomic E-state index is 13.1. The number of likely N-dealkylation sites (tertiary alicyclic amines) is 1. The van der Waals surface area contributed by atoms with E-state index in [-0.39, 0.29) is 18.0 Å². The van der Waals surface area contributed by atoms with Gasteiger partial charge in [0, 0.05) is 12.1 Å². The van der Waals surface area contributed by atoms with Gasteiger partial charge in [-0.2, -0.15) is 0 Å². The van der Waals surface area contributed by atoms with Crippen molar-refractivity contribution in [3.63, 3.8) is 0 Å². The Hall–Kier alpha value is -2.34. The molecule has 3 rings (SSSR count). The summed E-state index contributed by atoms with van der Waals surface area (Å²) in [5, 5.41) is 13.1. The van der Waals surface area contributed by atoms with Gasteiger partial charge in [-0.05, 0) is 50.4 Å². The van der Waals surface area contributed by atoms with Gasteiger partial charge < -0.3 is 15.2 Å². The lowest BCUT2D eigenvalue weighted by molar-refractivity contribution is -0.150. The number of carboxylic acids is 1. The Morgan fingerprint density at radius 2 is 1.89 bits per heavy atom. The quantitative estimate of drug-likeness (QED) is 0.751. The molecule has 0 aromatic heterocycles. The molecule has 0 saturated carbocycles. The molecule has 0 bridgehead atoms. The first-order chi connectivity index (χ1) is 12.9. The number of aliphatic carboxylic acids is 1. The highest BCUT2D eigenvalue weighted by Crippen LogP contribution is 2.47. The van der Waals surface area contributed by atoms with E-state index in [2.05, 4.69) is 17.5 Å². The van der Waals surface area contributed by atoms with Crippen molar-refractivity contribution in [1.29, 1.82) is 0 Å². The van der Waals surface area contributed by atoms with Gasteiger partial charge in [-0.25, -0.2) is 0 Å². The minimum atomic E-state index is -1.04. The Kier molecular flexibility index (Phi) is 5.56. The zero-order chi connectivity index (χ0) is 19.6. The number of carbonyl (C=O) groups excluding carboxylic acids is 1. The largest absolute Gasteiger partial charge is 0.497 e. The average Bonchev–Trinajstić information content (AvgIpc) is 3.28. The summed E-state index contributed by atoms with van der Waals surface area (Å²) < 4.78 is 5.23. The molecule has 1 aromatic rings. The van der Waals surface area contributed by atoms with Gasteiger partial charge in [0.15, 0.2) is 0 Å². The number of nitrogens with one attached hydrogen (secondary N) is 1. The van der Waals surface area contributed by atoms with E-state index in [1.165, 1.54) is 0 Å². The first-order valence-corrected chi connectivity index (χ1v) is 9.48. The Morgan fingerprint density at radius 3 is 2.41 bits per heavy atom. The molecule has 1 aliphatic carbocycles. The number of methoxy groups -OCH3 is 1. The molecule has 2 aliphatic rings. The van der Waals surface area contributed by atoms with Gasteiger partial charge in [0.05, 0.1) is 13.0 Å². The minimum absolute atomic E-state index is 0.0621. The van der Waals surface area contributed by atoms with Crippen molar-refractivity contribution in [2.24, 2.45) is 5.92 Å². The topological polar surface area (TPSA) is 78.9 Å². The highest BCUT2D eigenvalue weighted by molar-refractivity contribution is 5.85. The van der Waals surface area contributed by atoms with Crippen LogP contribution >= 0.6 is 0 Å². The maximum atomic E-state index is 13.1. The summed E-state index contributed by atoms with van der Waals surface area (Å²) in [7, 11) is 3.42. The molecule has 2 N–H and O–H groups in total. The van der Waals surface area contributed by atoms with E-state index in [0.29, 0.717) is 12.8 Å². The van der Waals surface area contributed by atoms with Crippen LogP contribution in [0.2, 0.25) is 0 Å². The number of ether oxygens (including phenoxy) is 1. The van der Waals surface area contributed by atoms with Crippen molar-refractivity contribution in [3.05, 3.63) is 42.0 Å². The summed E-state index contributed by atoms with van der Waals surface area (Å²) in [5.41, 5.74) is -0.111. The highest BCUT2D eigenvalue weighted by atomic mass is 16.5. The number of likely N-dealkylation sites (N-methyl/N-ethyl adjacent to an activating group) is 1. The van der Waals surface area contributed by atoms with Crippen LogP contribution in [-0.4, -0.2) is 47.6 Å². The predicted octanol–water partition coefficient (Wildman–Crippen LogP) is 2.76. The fraction of sp³-hybridized carbons (Fsp3) is 0.524. The molecule has 6 heteroatoms. The summed E-state index contributed by atoms with van der Waals surface area (Å²) in [5.74, 6) is -0.616. The van der Waals surface area contributed by atoms with Crippen LogP contribution in [0.1, 0.15) is 44.2 Å². The molecule has 146 valence electrons. The van der Waals surface area contributed by atoms with Gasteiger partial charge in [0.25, 0.3) is 0 Å². The molecule has 0 spiro atoms. The van der Waals surface area contributed by atoms with Crippen LogP contribution in [0.3, 0.4) is 0 Å². The Labute approximate surface area is 160 Å². The maximum Gasteiger partial charge on any atom is 0.324 e. The Balaban J connectivity index is 1.93. The molecule has 3 atom stereocenters. The summed E-state index contributed by atoms with van der Waals surface area (Å²) >= 11 is 0. The second-order valence-electron chi connectivity index (χ2n) is 7.48. The van der Waals surface area contributed by atoms with E-state index in [0.717, 1.165) is 24.2 Å². The van der Waals surface area contributed by atoms with Crippen molar-refractivity contribution in [3.8, 4) is 5.75 Å². The van der Waals surface area contributed by atoms with Gasteiger partial charge in [-0.3, -0.25) is 14.5 Å². The molecule has 1 aliphatic heterocycles. The van der Waals surface area contributed by atoms with E-state index in [1.807, 2.05) is 43.1 Å². The lowest BCUT2D eigenvalue weighted by Crippen LogP contribution is -2.48. The molecule has 6 nitrogen and oxygen atoms in total. The first-order valence-electron chi connectivity index (χ1n) is 9.48. The van der Waals surface area contributed by atoms with Crippen molar-refractivity contribution in [1.82, 2.24) is 10.2 Å². The SMILES string of the molecule is CC[C@@]1(C(=O)O)C[C@H](C(=O)NC2CC=CC2)[C@H](c2ccc(OC)cc2)N1C. The van der Waals surface area contributed by atoms with Crippen molar-refractivity contribution in [2.45, 2.75) is 50.2 Å². The van der Waals surface area contributed by atoms with E-state index in [4.69, 9.17) is 4.74 Å². The third-order valence-corrected chi connectivity index (χ3v) is 6.16. The summed E-state index contributed by atoms with van der Waals surface area (Å²) in [6.07, 6.45) is 6.55. The highest BCUT2D eigenvalue weighted by Gasteiger charge is 2.56. The number of hydrogen-bond donors (Lipinski definition) is 2. The van der Waals surface area contributed by atoms with Gasteiger partial charge >= 0.3 is 5.97 Å². The van der Waals surface area contributed by atoms with Crippen LogP contribution < -0.4 is 10.1 Å². The van der Waals surface area contributed by atoms with Gasteiger partial charge in [-0.1, -0.05) is 31.2 Å². The number of carbonyl (C=O) groups is 2. The van der Waals surface area contributed by atoms with E-state index in [1.54, 1.807) is 7.11 Å². The standard InChI is InChI=1S/C21H28N2O4/c1-4-21(20(25)26)13-17(19(24)22-15-7-5-6-8-15)18(23(21)2)14-9-11-16(27-3)12-10-14/h5-6,9-12,15,17-18H,4,7-8,13H2,1-3H3,(H,22,24)(H,25,26)/t17-,18-,21-/m0/s1. The first kappa shape index (κ1) is 19.4. The number of carboxylic acid groups (broad SMARTS) is 1. The lowest BCUT2D eigenvalue weighted by atomic mass is 9.87. The summed E-state index contributed by atoms with van der Waals surface area (Å²) in [6, 6.07) is 7.37. The van der Waals surface area contributed by atoms with Gasteiger partial charge in [-0.15, -0.1) is 0 Å². The minimum Gasteiger partial charge on any atom is -0.497 e. The molecule has 27 heavy (non-hydrogen) atoms. The Morgan fingerprint density at radius 1 is 1.26 bits per heavy atom. The number of rotatable bonds is 6. The lowest BCUT2D eigenvalue weighted by Gasteiger charge is -2.34. The molecule has 1 heterocycles. The normalized spacial score (nSPS) is 28.4. The van der Waals surface area contributed by atoms with E-state index in [9.17, 15) is 14.7 Å². The molecule has 1 aromatic carbocycles. The van der Waals surface area contributed by atoms with Crippen LogP contribution in [0, 0.1) is 5.92 Å². The smallest absolute Gasteiger partial charge is 0.324 e. The second-order valence-corrected chi connectivity index (χ2v) is 7.48. The van der Waals surface area contributed by atoms with Crippen LogP contribution in [0.4, 0.5) is 0 Å². The van der Waals surface area contributed by atoms with E-state index >= 15 is 0 Å². The molecule has 0 radical (unpaired) electrons. The van der Waals surface area contributed by atoms with Gasteiger partial charge in [0.2, 0.25) is 5.91 Å². The average molecular weight is 372 g/mol. The third kappa shape index (κ3) is 3.46. The van der Waals surface area contributed by atoms with Crippen molar-refractivity contribution in [2.75, 3.05) is 14.2 Å². The molecule has 0 unspecified atom stereocenters. The molecular formula is C21H28N2O4. The fourth-order valence-corrected chi connectivity index (χ4v) is 4.48. The predicted molar refractivity (Wildman–Crippen MR) is 103 cm³/mol. The van der Waals surface area contributed by atoms with Crippen LogP contribution in [0.15, 0.2) is 36.4 Å². The third-order valence-electron chi connectivity index (χ3n) is 6.16. The molecule has 1 fully saturated rings. The number of nitrogens with zero attached hydrogens (tertiary/aromatic N) is 1. The number of benzene rings is 1. The van der Waals surface area contributed by atoms with Crippen LogP contribution in [0.5, 0.6) is 5.75 Å². The second kappa shape index (κ2) is 7.72. The number of hydrogen-bond acceptors (Lipinski definition) is 4. The summed E-state index contributed by atoms with van der Waals surface area (Å²) in [4.78, 5) is 27.1. The zero-order valence-corrected chi connectivity index (χ0v) is 16.1. The van der Waals surface area contributed by atoms with E-state index < -0.39 is 17.4 Å². The van der Waals surface area contributed by atoms with Crippen molar-refractivity contribution < 1.29 is 19.4 Å². The fourth-order valence-electron chi connectivity index (χ4n) is 4.48. The number of amides is 1. The monoisotopic (exact) mass is 372 g/mol. The molecule has 1 saturated heterocycles. The van der Waals surface area contributed by atoms with Crippen LogP contribution in [-0.2, 0) is 9.59 Å². The van der Waals surface area contributed by atoms with Crippen molar-refractivity contribution >= 4 is 11.9 Å². The zero-order valence-electron chi connectivity index (χ0n) is 16.1. The molecule has 1 amide bonds. The van der Waals surface area contributed by atoms with Gasteiger partial charge in [0.1, 0.15) is 11.3 Å². The Bertz CT molecular complexity index is 722.